The van der Waals surface area contributed by atoms with E-state index in [1.54, 1.807) is 38.3 Å². The van der Waals surface area contributed by atoms with Crippen LogP contribution in [0.25, 0.3) is 0 Å². The van der Waals surface area contributed by atoms with E-state index in [0.29, 0.717) is 43.0 Å². The van der Waals surface area contributed by atoms with Gasteiger partial charge >= 0.3 is 0 Å². The fraction of sp³-hybridized carbons (Fsp3) is 0.545. The van der Waals surface area contributed by atoms with E-state index in [-0.39, 0.29) is 28.5 Å². The fourth-order valence-electron chi connectivity index (χ4n) is 7.17. The molecule has 6 atom stereocenters. The van der Waals surface area contributed by atoms with Crippen LogP contribution >= 0.6 is 11.6 Å². The maximum atomic E-state index is 14.8. The maximum absolute atomic E-state index is 14.8. The van der Waals surface area contributed by atoms with Crippen LogP contribution in [-0.2, 0) is 27.7 Å². The Hall–Kier alpha value is -2.62. The lowest BCUT2D eigenvalue weighted by Gasteiger charge is -2.47. The highest BCUT2D eigenvalue weighted by atomic mass is 35.5. The molecule has 1 fully saturated rings. The molecule has 0 saturated heterocycles. The average Bonchev–Trinajstić information content (AvgIpc) is 2.96. The van der Waals surface area contributed by atoms with Gasteiger partial charge in [-0.3, -0.25) is 4.79 Å². The van der Waals surface area contributed by atoms with Crippen LogP contribution in [0.2, 0.25) is 5.02 Å². The number of carbonyl (C=O) groups excluding carboxylic acids is 1. The minimum atomic E-state index is -3.94. The van der Waals surface area contributed by atoms with Crippen molar-refractivity contribution in [3.05, 3.63) is 69.5 Å². The molecule has 2 aliphatic carbocycles. The van der Waals surface area contributed by atoms with Crippen LogP contribution in [-0.4, -0.2) is 45.9 Å². The molecule has 0 radical (unpaired) electrons. The number of nitrogens with one attached hydrogen (secondary N) is 1. The van der Waals surface area contributed by atoms with Gasteiger partial charge in [-0.05, 0) is 116 Å². The van der Waals surface area contributed by atoms with E-state index >= 15 is 0 Å². The molecule has 7 rings (SSSR count). The zero-order valence-electron chi connectivity index (χ0n) is 24.9. The highest BCUT2D eigenvalue weighted by Gasteiger charge is 2.44. The van der Waals surface area contributed by atoms with Crippen LogP contribution < -0.4 is 14.4 Å². The molecule has 7 nitrogen and oxygen atoms in total. The molecular formula is C33H40ClFN2O5S. The molecule has 1 saturated carbocycles. The van der Waals surface area contributed by atoms with Gasteiger partial charge in [0.2, 0.25) is 10.0 Å². The molecule has 1 unspecified atom stereocenters. The second kappa shape index (κ2) is 12.1. The number of sulfonamides is 1. The van der Waals surface area contributed by atoms with Crippen LogP contribution in [0.3, 0.4) is 0 Å². The quantitative estimate of drug-likeness (QED) is 0.373. The molecule has 3 aliphatic heterocycles. The summed E-state index contributed by atoms with van der Waals surface area (Å²) in [6, 6.07) is 8.32. The summed E-state index contributed by atoms with van der Waals surface area (Å²) in [5.74, 6) is 0.0316. The molecule has 4 bridgehead atoms. The normalized spacial score (nSPS) is 30.6. The van der Waals surface area contributed by atoms with Crippen molar-refractivity contribution in [1.82, 2.24) is 4.72 Å². The number of anilines is 1. The Morgan fingerprint density at radius 2 is 1.91 bits per heavy atom. The SMILES string of the molecule is CO[C@H]1C2=CC(C2)[C@H](C)[C@@H](C)S(=O)(=O)NC(=O)c2ccc3c(c2)N(Cc2cc(F)c(Cl)cc2CCCCO3)C[C@@H]2CC[C@H]21. The Morgan fingerprint density at radius 3 is 2.63 bits per heavy atom. The Labute approximate surface area is 258 Å². The lowest BCUT2D eigenvalue weighted by atomic mass is 9.64. The van der Waals surface area contributed by atoms with Gasteiger partial charge in [-0.15, -0.1) is 0 Å². The summed E-state index contributed by atoms with van der Waals surface area (Å²) in [4.78, 5) is 15.6. The minimum absolute atomic E-state index is 0.0313. The van der Waals surface area contributed by atoms with Gasteiger partial charge in [0.15, 0.2) is 0 Å². The van der Waals surface area contributed by atoms with Gasteiger partial charge in [0, 0.05) is 25.8 Å². The van der Waals surface area contributed by atoms with Gasteiger partial charge in [-0.25, -0.2) is 17.5 Å². The van der Waals surface area contributed by atoms with Crippen LogP contribution in [0.4, 0.5) is 10.1 Å². The van der Waals surface area contributed by atoms with E-state index in [0.717, 1.165) is 49.7 Å². The molecule has 232 valence electrons. The summed E-state index contributed by atoms with van der Waals surface area (Å²) in [5, 5.41) is -0.654. The molecule has 3 heterocycles. The molecule has 1 amide bonds. The molecule has 5 aliphatic rings. The van der Waals surface area contributed by atoms with Gasteiger partial charge in [0.25, 0.3) is 5.91 Å². The van der Waals surface area contributed by atoms with Crippen molar-refractivity contribution in [2.75, 3.05) is 25.2 Å². The fourth-order valence-corrected chi connectivity index (χ4v) is 8.68. The van der Waals surface area contributed by atoms with Gasteiger partial charge in [0.05, 0.1) is 28.7 Å². The number of aryl methyl sites for hydroxylation is 1. The van der Waals surface area contributed by atoms with Gasteiger partial charge in [-0.2, -0.15) is 0 Å². The van der Waals surface area contributed by atoms with E-state index < -0.39 is 27.0 Å². The van der Waals surface area contributed by atoms with Crippen molar-refractivity contribution in [2.24, 2.45) is 23.7 Å². The number of allylic oxidation sites excluding steroid dienone is 1. The highest BCUT2D eigenvalue weighted by Crippen LogP contribution is 2.47. The largest absolute Gasteiger partial charge is 0.491 e. The van der Waals surface area contributed by atoms with E-state index in [4.69, 9.17) is 21.1 Å². The van der Waals surface area contributed by atoms with E-state index in [2.05, 4.69) is 15.7 Å². The van der Waals surface area contributed by atoms with Crippen molar-refractivity contribution in [2.45, 2.75) is 70.3 Å². The molecular weight excluding hydrogens is 591 g/mol. The number of amides is 1. The lowest BCUT2D eigenvalue weighted by molar-refractivity contribution is -0.000331. The molecule has 43 heavy (non-hydrogen) atoms. The standard InChI is InChI=1S/C33H40ClFN2O5S/c1-19-20(2)43(39,40)36-33(38)22-8-10-31-30(16-22)37(17-23-7-9-27(23)32(41-3)25-12-24(19)13-25)18-26-15-29(35)28(34)14-21(26)6-4-5-11-42-31/h8,10,12,14-16,19-20,23-24,27,32H,4-7,9,11,13,17-18H2,1-3H3,(H,36,38)/t19-,20-,23+,24?,27-,32+/m1/s1. The third kappa shape index (κ3) is 5.92. The van der Waals surface area contributed by atoms with Gasteiger partial charge in [-0.1, -0.05) is 24.6 Å². The first-order valence-electron chi connectivity index (χ1n) is 15.3. The predicted octanol–water partition coefficient (Wildman–Crippen LogP) is 6.29. The second-order valence-electron chi connectivity index (χ2n) is 12.7. The summed E-state index contributed by atoms with van der Waals surface area (Å²) in [5.41, 5.74) is 3.97. The zero-order valence-corrected chi connectivity index (χ0v) is 26.5. The Morgan fingerprint density at radius 1 is 1.12 bits per heavy atom. The first-order chi connectivity index (χ1) is 20.6. The molecule has 2 aromatic carbocycles. The number of halogens is 2. The Bertz CT molecular complexity index is 1550. The average molecular weight is 631 g/mol. The Kier molecular flexibility index (Phi) is 8.52. The summed E-state index contributed by atoms with van der Waals surface area (Å²) < 4.78 is 56.2. The highest BCUT2D eigenvalue weighted by molar-refractivity contribution is 7.90. The number of nitrogens with zero attached hydrogens (tertiary/aromatic N) is 1. The maximum Gasteiger partial charge on any atom is 0.264 e. The molecule has 0 aromatic heterocycles. The molecule has 10 heteroatoms. The van der Waals surface area contributed by atoms with Crippen molar-refractivity contribution in [1.29, 1.82) is 0 Å². The van der Waals surface area contributed by atoms with Crippen molar-refractivity contribution < 1.29 is 27.1 Å². The monoisotopic (exact) mass is 630 g/mol. The number of ether oxygens (including phenoxy) is 2. The number of hydrogen-bond acceptors (Lipinski definition) is 6. The predicted molar refractivity (Wildman–Crippen MR) is 166 cm³/mol. The summed E-state index contributed by atoms with van der Waals surface area (Å²) >= 11 is 6.21. The first-order valence-corrected chi connectivity index (χ1v) is 17.3. The molecule has 0 spiro atoms. The second-order valence-corrected chi connectivity index (χ2v) is 15.2. The smallest absolute Gasteiger partial charge is 0.264 e. The van der Waals surface area contributed by atoms with Crippen LogP contribution in [0.15, 0.2) is 42.0 Å². The number of methoxy groups -OCH3 is 1. The minimum Gasteiger partial charge on any atom is -0.491 e. The van der Waals surface area contributed by atoms with E-state index in [1.165, 1.54) is 11.6 Å². The number of benzene rings is 2. The lowest BCUT2D eigenvalue weighted by Crippen LogP contribution is -2.47. The summed E-state index contributed by atoms with van der Waals surface area (Å²) in [7, 11) is -2.19. The first kappa shape index (κ1) is 30.4. The van der Waals surface area contributed by atoms with Gasteiger partial charge < -0.3 is 14.4 Å². The topological polar surface area (TPSA) is 84.9 Å². The Balaban J connectivity index is 1.46. The number of carbonyl (C=O) groups is 1. The molecule has 2 aromatic rings. The van der Waals surface area contributed by atoms with Crippen LogP contribution in [0.1, 0.15) is 67.4 Å². The third-order valence-electron chi connectivity index (χ3n) is 10.2. The summed E-state index contributed by atoms with van der Waals surface area (Å²) in [6.07, 6.45) is 7.39. The van der Waals surface area contributed by atoms with Crippen molar-refractivity contribution in [3.8, 4) is 5.75 Å². The number of rotatable bonds is 1. The molecule has 1 N–H and O–H groups in total. The van der Waals surface area contributed by atoms with Gasteiger partial charge in [0.1, 0.15) is 11.6 Å². The van der Waals surface area contributed by atoms with Crippen molar-refractivity contribution >= 4 is 33.2 Å². The van der Waals surface area contributed by atoms with E-state index in [1.807, 2.05) is 6.92 Å². The van der Waals surface area contributed by atoms with E-state index in [9.17, 15) is 17.6 Å². The zero-order chi connectivity index (χ0) is 30.5. The van der Waals surface area contributed by atoms with Crippen LogP contribution in [0.5, 0.6) is 5.75 Å². The van der Waals surface area contributed by atoms with Crippen molar-refractivity contribution in [3.63, 3.8) is 0 Å². The third-order valence-corrected chi connectivity index (χ3v) is 12.4. The summed E-state index contributed by atoms with van der Waals surface area (Å²) in [6.45, 7) is 5.13. The number of hydrogen-bond donors (Lipinski definition) is 1. The number of fused-ring (bicyclic) bond motifs is 5. The van der Waals surface area contributed by atoms with Crippen LogP contribution in [0, 0.1) is 29.5 Å².